The molecule has 0 radical (unpaired) electrons. The van der Waals surface area contributed by atoms with E-state index in [0.717, 1.165) is 5.56 Å². The van der Waals surface area contributed by atoms with E-state index in [2.05, 4.69) is 5.32 Å². The van der Waals surface area contributed by atoms with Crippen molar-refractivity contribution in [3.05, 3.63) is 64.4 Å². The predicted octanol–water partition coefficient (Wildman–Crippen LogP) is 4.34. The van der Waals surface area contributed by atoms with Crippen LogP contribution in [0.3, 0.4) is 0 Å². The first-order chi connectivity index (χ1) is 9.61. The fourth-order valence-electron chi connectivity index (χ4n) is 2.00. The molecule has 0 heterocycles. The number of hydrogen-bond donors (Lipinski definition) is 1. The summed E-state index contributed by atoms with van der Waals surface area (Å²) < 4.78 is 18.9. The van der Waals surface area contributed by atoms with Crippen molar-refractivity contribution in [2.24, 2.45) is 0 Å². The molecular formula is C16H17ClFNO. The van der Waals surface area contributed by atoms with Gasteiger partial charge in [0.05, 0.1) is 7.11 Å². The summed E-state index contributed by atoms with van der Waals surface area (Å²) in [6.45, 7) is 2.51. The molecule has 1 atom stereocenters. The molecule has 0 spiro atoms. The normalized spacial score (nSPS) is 12.2. The van der Waals surface area contributed by atoms with Gasteiger partial charge in [0.1, 0.15) is 11.6 Å². The number of methoxy groups -OCH3 is 1. The Hall–Kier alpha value is -1.58. The van der Waals surface area contributed by atoms with Crippen molar-refractivity contribution >= 4 is 11.6 Å². The molecule has 0 aromatic heterocycles. The Kier molecular flexibility index (Phi) is 4.99. The Balaban J connectivity index is 2.05. The minimum Gasteiger partial charge on any atom is -0.497 e. The van der Waals surface area contributed by atoms with Crippen LogP contribution >= 0.6 is 11.6 Å². The highest BCUT2D eigenvalue weighted by Gasteiger charge is 2.12. The lowest BCUT2D eigenvalue weighted by Crippen LogP contribution is -2.19. The van der Waals surface area contributed by atoms with Gasteiger partial charge >= 0.3 is 0 Å². The van der Waals surface area contributed by atoms with Gasteiger partial charge in [0.25, 0.3) is 0 Å². The van der Waals surface area contributed by atoms with Gasteiger partial charge in [0.2, 0.25) is 0 Å². The monoisotopic (exact) mass is 293 g/mol. The van der Waals surface area contributed by atoms with Crippen molar-refractivity contribution in [2.45, 2.75) is 19.5 Å². The van der Waals surface area contributed by atoms with Crippen molar-refractivity contribution in [1.29, 1.82) is 0 Å². The molecule has 2 aromatic carbocycles. The Bertz CT molecular complexity index is 588. The van der Waals surface area contributed by atoms with Crippen molar-refractivity contribution in [2.75, 3.05) is 7.11 Å². The summed E-state index contributed by atoms with van der Waals surface area (Å²) in [5.41, 5.74) is 1.60. The highest BCUT2D eigenvalue weighted by atomic mass is 35.5. The van der Waals surface area contributed by atoms with Gasteiger partial charge in [-0.15, -0.1) is 0 Å². The van der Waals surface area contributed by atoms with Gasteiger partial charge in [0.15, 0.2) is 0 Å². The third kappa shape index (κ3) is 3.50. The van der Waals surface area contributed by atoms with Gasteiger partial charge in [-0.25, -0.2) is 4.39 Å². The Morgan fingerprint density at radius 2 is 2.00 bits per heavy atom. The van der Waals surface area contributed by atoms with Crippen LogP contribution < -0.4 is 10.1 Å². The maximum Gasteiger partial charge on any atom is 0.131 e. The number of benzene rings is 2. The maximum atomic E-state index is 13.9. The summed E-state index contributed by atoms with van der Waals surface area (Å²) in [6.07, 6.45) is 0. The molecule has 2 rings (SSSR count). The van der Waals surface area contributed by atoms with Crippen LogP contribution in [0, 0.1) is 5.82 Å². The average molecular weight is 294 g/mol. The van der Waals surface area contributed by atoms with Gasteiger partial charge in [0, 0.05) is 29.2 Å². The zero-order chi connectivity index (χ0) is 14.5. The molecule has 4 heteroatoms. The second kappa shape index (κ2) is 6.73. The van der Waals surface area contributed by atoms with E-state index < -0.39 is 0 Å². The van der Waals surface area contributed by atoms with E-state index in [1.54, 1.807) is 12.1 Å². The summed E-state index contributed by atoms with van der Waals surface area (Å²) in [4.78, 5) is 0. The van der Waals surface area contributed by atoms with E-state index in [-0.39, 0.29) is 11.9 Å². The first-order valence-corrected chi connectivity index (χ1v) is 6.80. The van der Waals surface area contributed by atoms with Crippen LogP contribution in [0.25, 0.3) is 0 Å². The minimum absolute atomic E-state index is 0.114. The zero-order valence-corrected chi connectivity index (χ0v) is 12.2. The molecule has 2 aromatic rings. The van der Waals surface area contributed by atoms with Gasteiger partial charge in [-0.05, 0) is 24.6 Å². The molecule has 0 aliphatic rings. The molecule has 20 heavy (non-hydrogen) atoms. The van der Waals surface area contributed by atoms with Crippen LogP contribution in [0.1, 0.15) is 24.1 Å². The lowest BCUT2D eigenvalue weighted by Gasteiger charge is -2.16. The number of ether oxygens (including phenoxy) is 1. The Labute approximate surface area is 123 Å². The lowest BCUT2D eigenvalue weighted by atomic mass is 10.1. The lowest BCUT2D eigenvalue weighted by molar-refractivity contribution is 0.409. The van der Waals surface area contributed by atoms with Crippen LogP contribution in [0.15, 0.2) is 42.5 Å². The van der Waals surface area contributed by atoms with E-state index >= 15 is 0 Å². The Morgan fingerprint density at radius 3 is 2.65 bits per heavy atom. The summed E-state index contributed by atoms with van der Waals surface area (Å²) in [6, 6.07) is 12.4. The average Bonchev–Trinajstić information content (AvgIpc) is 2.46. The molecule has 0 saturated heterocycles. The number of halogens is 2. The van der Waals surface area contributed by atoms with Crippen LogP contribution in [0.4, 0.5) is 4.39 Å². The molecular weight excluding hydrogens is 277 g/mol. The fourth-order valence-corrected chi connectivity index (χ4v) is 2.20. The third-order valence-electron chi connectivity index (χ3n) is 3.23. The predicted molar refractivity (Wildman–Crippen MR) is 79.7 cm³/mol. The fraction of sp³-hybridized carbons (Fsp3) is 0.250. The molecule has 0 amide bonds. The highest BCUT2D eigenvalue weighted by Crippen LogP contribution is 2.22. The Morgan fingerprint density at radius 1 is 1.25 bits per heavy atom. The molecule has 1 unspecified atom stereocenters. The molecule has 0 aliphatic carbocycles. The van der Waals surface area contributed by atoms with Gasteiger partial charge < -0.3 is 10.1 Å². The summed E-state index contributed by atoms with van der Waals surface area (Å²) in [7, 11) is 1.52. The van der Waals surface area contributed by atoms with E-state index in [9.17, 15) is 4.39 Å². The van der Waals surface area contributed by atoms with Gasteiger partial charge in [-0.3, -0.25) is 0 Å². The maximum absolute atomic E-state index is 13.9. The van der Waals surface area contributed by atoms with Gasteiger partial charge in [-0.2, -0.15) is 0 Å². The summed E-state index contributed by atoms with van der Waals surface area (Å²) >= 11 is 6.09. The minimum atomic E-state index is -0.275. The largest absolute Gasteiger partial charge is 0.497 e. The van der Waals surface area contributed by atoms with Crippen molar-refractivity contribution in [3.63, 3.8) is 0 Å². The van der Waals surface area contributed by atoms with Crippen LogP contribution in [0.2, 0.25) is 5.02 Å². The molecule has 0 saturated carbocycles. The molecule has 0 fully saturated rings. The summed E-state index contributed by atoms with van der Waals surface area (Å²) in [5.74, 6) is 0.244. The molecule has 0 aliphatic heterocycles. The summed E-state index contributed by atoms with van der Waals surface area (Å²) in [5, 5.41) is 3.98. The van der Waals surface area contributed by atoms with Crippen molar-refractivity contribution in [1.82, 2.24) is 5.32 Å². The number of rotatable bonds is 5. The molecule has 0 bridgehead atoms. The zero-order valence-electron chi connectivity index (χ0n) is 11.5. The highest BCUT2D eigenvalue weighted by molar-refractivity contribution is 6.31. The van der Waals surface area contributed by atoms with Crippen LogP contribution in [0.5, 0.6) is 5.75 Å². The van der Waals surface area contributed by atoms with E-state index in [0.29, 0.717) is 22.9 Å². The molecule has 106 valence electrons. The van der Waals surface area contributed by atoms with E-state index in [1.807, 2.05) is 31.2 Å². The topological polar surface area (TPSA) is 21.3 Å². The molecule has 2 nitrogen and oxygen atoms in total. The van der Waals surface area contributed by atoms with Crippen LogP contribution in [-0.2, 0) is 6.54 Å². The smallest absolute Gasteiger partial charge is 0.131 e. The van der Waals surface area contributed by atoms with Crippen molar-refractivity contribution in [3.8, 4) is 5.75 Å². The second-order valence-electron chi connectivity index (χ2n) is 4.58. The standard InChI is InChI=1S/C16H17ClFNO/c1-11(14-8-7-13(20-2)9-16(14)18)19-10-12-5-3-4-6-15(12)17/h3-9,11,19H,10H2,1-2H3. The van der Waals surface area contributed by atoms with E-state index in [1.165, 1.54) is 13.2 Å². The second-order valence-corrected chi connectivity index (χ2v) is 4.99. The SMILES string of the molecule is COc1ccc(C(C)NCc2ccccc2Cl)c(F)c1. The number of nitrogens with one attached hydrogen (secondary N) is 1. The van der Waals surface area contributed by atoms with Crippen LogP contribution in [-0.4, -0.2) is 7.11 Å². The first-order valence-electron chi connectivity index (χ1n) is 6.42. The first kappa shape index (κ1) is 14.8. The quantitative estimate of drug-likeness (QED) is 0.885. The number of hydrogen-bond acceptors (Lipinski definition) is 2. The van der Waals surface area contributed by atoms with Gasteiger partial charge in [-0.1, -0.05) is 35.9 Å². The van der Waals surface area contributed by atoms with E-state index in [4.69, 9.17) is 16.3 Å². The third-order valence-corrected chi connectivity index (χ3v) is 3.60. The van der Waals surface area contributed by atoms with Crippen molar-refractivity contribution < 1.29 is 9.13 Å². The molecule has 1 N–H and O–H groups in total.